The van der Waals surface area contributed by atoms with Crippen LogP contribution in [0.3, 0.4) is 0 Å². The molecular formula is C16H15ClN2O4. The lowest BCUT2D eigenvalue weighted by molar-refractivity contribution is -0.148. The zero-order valence-electron chi connectivity index (χ0n) is 12.0. The van der Waals surface area contributed by atoms with Gasteiger partial charge in [0.1, 0.15) is 0 Å². The predicted molar refractivity (Wildman–Crippen MR) is 82.4 cm³/mol. The summed E-state index contributed by atoms with van der Waals surface area (Å²) in [4.78, 5) is 35.6. The van der Waals surface area contributed by atoms with Gasteiger partial charge in [-0.1, -0.05) is 23.8 Å². The molecule has 6 nitrogen and oxygen atoms in total. The highest BCUT2D eigenvalue weighted by molar-refractivity contribution is 6.30. The largest absolute Gasteiger partial charge is 0.481 e. The number of carboxylic acid groups (broad SMARTS) is 1. The van der Waals surface area contributed by atoms with E-state index in [0.29, 0.717) is 17.0 Å². The first-order valence-electron chi connectivity index (χ1n) is 7.24. The van der Waals surface area contributed by atoms with Crippen molar-refractivity contribution in [1.82, 2.24) is 10.9 Å². The third kappa shape index (κ3) is 2.94. The van der Waals surface area contributed by atoms with E-state index in [4.69, 9.17) is 11.6 Å². The SMILES string of the molecule is O=C(NNC(=O)[C@@H]1[C@H](C(=O)O)[C@H]2C=C[C@H]1C2)c1ccc(Cl)cc1. The van der Waals surface area contributed by atoms with Crippen LogP contribution in [0.2, 0.25) is 5.02 Å². The van der Waals surface area contributed by atoms with Crippen LogP contribution in [-0.4, -0.2) is 22.9 Å². The molecule has 0 heterocycles. The molecule has 120 valence electrons. The zero-order valence-corrected chi connectivity index (χ0v) is 12.8. The molecule has 23 heavy (non-hydrogen) atoms. The molecule has 3 N–H and O–H groups in total. The summed E-state index contributed by atoms with van der Waals surface area (Å²) in [5.74, 6) is -3.54. The van der Waals surface area contributed by atoms with Gasteiger partial charge in [0.25, 0.3) is 5.91 Å². The minimum Gasteiger partial charge on any atom is -0.481 e. The van der Waals surface area contributed by atoms with E-state index < -0.39 is 29.6 Å². The van der Waals surface area contributed by atoms with Crippen LogP contribution in [0, 0.1) is 23.7 Å². The van der Waals surface area contributed by atoms with E-state index in [9.17, 15) is 19.5 Å². The van der Waals surface area contributed by atoms with Crippen LogP contribution in [-0.2, 0) is 9.59 Å². The van der Waals surface area contributed by atoms with E-state index in [1.807, 2.05) is 12.2 Å². The normalized spacial score (nSPS) is 27.7. The maximum atomic E-state index is 12.3. The first-order chi connectivity index (χ1) is 11.0. The molecule has 2 amide bonds. The molecule has 0 saturated heterocycles. The molecule has 1 fully saturated rings. The number of amides is 2. The zero-order chi connectivity index (χ0) is 16.6. The van der Waals surface area contributed by atoms with Gasteiger partial charge in [-0.25, -0.2) is 0 Å². The number of fused-ring (bicyclic) bond motifs is 2. The number of nitrogens with one attached hydrogen (secondary N) is 2. The number of aliphatic carboxylic acids is 1. The minimum absolute atomic E-state index is 0.0893. The highest BCUT2D eigenvalue weighted by Gasteiger charge is 2.51. The van der Waals surface area contributed by atoms with Gasteiger partial charge in [0.2, 0.25) is 5.91 Å². The van der Waals surface area contributed by atoms with E-state index in [0.717, 1.165) is 0 Å². The molecule has 4 atom stereocenters. The van der Waals surface area contributed by atoms with E-state index in [1.54, 1.807) is 12.1 Å². The molecule has 7 heteroatoms. The molecule has 0 unspecified atom stereocenters. The Bertz CT molecular complexity index is 686. The minimum atomic E-state index is -0.981. The first-order valence-corrected chi connectivity index (χ1v) is 7.62. The molecule has 0 spiro atoms. The highest BCUT2D eigenvalue weighted by Crippen LogP contribution is 2.48. The Morgan fingerprint density at radius 2 is 1.61 bits per heavy atom. The average Bonchev–Trinajstić information content (AvgIpc) is 3.13. The van der Waals surface area contributed by atoms with Gasteiger partial charge in [-0.3, -0.25) is 25.2 Å². The number of benzene rings is 1. The number of hydrogen-bond acceptors (Lipinski definition) is 3. The maximum Gasteiger partial charge on any atom is 0.307 e. The Hall–Kier alpha value is -2.34. The second-order valence-electron chi connectivity index (χ2n) is 5.79. The fraction of sp³-hybridized carbons (Fsp3) is 0.312. The molecule has 1 saturated carbocycles. The van der Waals surface area contributed by atoms with Crippen molar-refractivity contribution in [2.75, 3.05) is 0 Å². The summed E-state index contributed by atoms with van der Waals surface area (Å²) in [6.07, 6.45) is 4.41. The Labute approximate surface area is 137 Å². The van der Waals surface area contributed by atoms with Gasteiger partial charge in [-0.15, -0.1) is 0 Å². The summed E-state index contributed by atoms with van der Waals surface area (Å²) in [5.41, 5.74) is 5.00. The van der Waals surface area contributed by atoms with Crippen molar-refractivity contribution in [3.05, 3.63) is 47.0 Å². The number of halogens is 1. The number of carbonyl (C=O) groups excluding carboxylic acids is 2. The molecule has 2 bridgehead atoms. The summed E-state index contributed by atoms with van der Waals surface area (Å²) in [5, 5.41) is 9.83. The Morgan fingerprint density at radius 3 is 2.22 bits per heavy atom. The number of rotatable bonds is 3. The number of hydrazine groups is 1. The molecule has 2 aliphatic carbocycles. The molecular weight excluding hydrogens is 320 g/mol. The van der Waals surface area contributed by atoms with Gasteiger partial charge in [0, 0.05) is 10.6 Å². The van der Waals surface area contributed by atoms with Gasteiger partial charge >= 0.3 is 5.97 Å². The van der Waals surface area contributed by atoms with Crippen LogP contribution in [0.5, 0.6) is 0 Å². The lowest BCUT2D eigenvalue weighted by Crippen LogP contribution is -2.48. The average molecular weight is 335 g/mol. The van der Waals surface area contributed by atoms with Gasteiger partial charge in [0.15, 0.2) is 0 Å². The van der Waals surface area contributed by atoms with Crippen LogP contribution < -0.4 is 10.9 Å². The van der Waals surface area contributed by atoms with Crippen molar-refractivity contribution >= 4 is 29.4 Å². The van der Waals surface area contributed by atoms with Gasteiger partial charge in [-0.05, 0) is 42.5 Å². The van der Waals surface area contributed by atoms with Gasteiger partial charge in [0.05, 0.1) is 11.8 Å². The Balaban J connectivity index is 1.63. The van der Waals surface area contributed by atoms with Crippen molar-refractivity contribution in [2.24, 2.45) is 23.7 Å². The second kappa shape index (κ2) is 6.04. The Kier molecular flexibility index (Phi) is 4.09. The van der Waals surface area contributed by atoms with Crippen LogP contribution in [0.1, 0.15) is 16.8 Å². The summed E-state index contributed by atoms with van der Waals surface area (Å²) in [6, 6.07) is 6.20. The highest BCUT2D eigenvalue weighted by atomic mass is 35.5. The van der Waals surface area contributed by atoms with Crippen molar-refractivity contribution in [3.63, 3.8) is 0 Å². The summed E-state index contributed by atoms with van der Waals surface area (Å²) < 4.78 is 0. The number of carboxylic acids is 1. The molecule has 1 aromatic carbocycles. The second-order valence-corrected chi connectivity index (χ2v) is 6.22. The molecule has 3 rings (SSSR count). The monoisotopic (exact) mass is 334 g/mol. The lowest BCUT2D eigenvalue weighted by atomic mass is 9.82. The van der Waals surface area contributed by atoms with Crippen molar-refractivity contribution in [1.29, 1.82) is 0 Å². The smallest absolute Gasteiger partial charge is 0.307 e. The van der Waals surface area contributed by atoms with E-state index >= 15 is 0 Å². The standard InChI is InChI=1S/C16H15ClN2O4/c17-11-5-3-8(4-6-11)14(20)18-19-15(21)12-9-1-2-10(7-9)13(12)16(22)23/h1-6,9-10,12-13H,7H2,(H,18,20)(H,19,21)(H,22,23)/t9-,10-,12-,13+/m0/s1. The number of allylic oxidation sites excluding steroid dienone is 2. The van der Waals surface area contributed by atoms with E-state index in [2.05, 4.69) is 10.9 Å². The predicted octanol–water partition coefficient (Wildman–Crippen LogP) is 1.62. The first kappa shape index (κ1) is 15.6. The van der Waals surface area contributed by atoms with E-state index in [1.165, 1.54) is 12.1 Å². The third-order valence-corrected chi connectivity index (χ3v) is 4.70. The molecule has 0 radical (unpaired) electrons. The third-order valence-electron chi connectivity index (χ3n) is 4.45. The summed E-state index contributed by atoms with van der Waals surface area (Å²) >= 11 is 5.75. The quantitative estimate of drug-likeness (QED) is 0.578. The van der Waals surface area contributed by atoms with Crippen LogP contribution in [0.25, 0.3) is 0 Å². The maximum absolute atomic E-state index is 12.3. The van der Waals surface area contributed by atoms with Gasteiger partial charge < -0.3 is 5.11 Å². The topological polar surface area (TPSA) is 95.5 Å². The van der Waals surface area contributed by atoms with Crippen LogP contribution in [0.4, 0.5) is 0 Å². The fourth-order valence-electron chi connectivity index (χ4n) is 3.39. The van der Waals surface area contributed by atoms with Crippen molar-refractivity contribution < 1.29 is 19.5 Å². The number of hydrogen-bond donors (Lipinski definition) is 3. The summed E-state index contributed by atoms with van der Waals surface area (Å²) in [6.45, 7) is 0. The Morgan fingerprint density at radius 1 is 1.00 bits per heavy atom. The van der Waals surface area contributed by atoms with Crippen LogP contribution in [0.15, 0.2) is 36.4 Å². The van der Waals surface area contributed by atoms with Crippen molar-refractivity contribution in [2.45, 2.75) is 6.42 Å². The molecule has 0 aromatic heterocycles. The molecule has 1 aromatic rings. The molecule has 2 aliphatic rings. The number of carbonyl (C=O) groups is 3. The van der Waals surface area contributed by atoms with Crippen LogP contribution >= 0.6 is 11.6 Å². The van der Waals surface area contributed by atoms with Gasteiger partial charge in [-0.2, -0.15) is 0 Å². The lowest BCUT2D eigenvalue weighted by Gasteiger charge is -2.23. The summed E-state index contributed by atoms with van der Waals surface area (Å²) in [7, 11) is 0. The van der Waals surface area contributed by atoms with Crippen molar-refractivity contribution in [3.8, 4) is 0 Å². The molecule has 0 aliphatic heterocycles. The fourth-order valence-corrected chi connectivity index (χ4v) is 3.52. The van der Waals surface area contributed by atoms with E-state index in [-0.39, 0.29) is 11.8 Å².